The van der Waals surface area contributed by atoms with Gasteiger partial charge >= 0.3 is 0 Å². The molecule has 0 fully saturated rings. The van der Waals surface area contributed by atoms with Gasteiger partial charge in [0.15, 0.2) is 6.10 Å². The smallest absolute Gasteiger partial charge is 0.265 e. The van der Waals surface area contributed by atoms with Crippen molar-refractivity contribution in [1.29, 1.82) is 0 Å². The summed E-state index contributed by atoms with van der Waals surface area (Å²) < 4.78 is 8.10. The summed E-state index contributed by atoms with van der Waals surface area (Å²) >= 11 is 3.37. The Labute approximate surface area is 146 Å². The van der Waals surface area contributed by atoms with Crippen LogP contribution in [0.2, 0.25) is 0 Å². The molecule has 0 bridgehead atoms. The number of rotatable bonds is 5. The van der Waals surface area contributed by atoms with Gasteiger partial charge in [-0.25, -0.2) is 4.68 Å². The molecule has 24 heavy (non-hydrogen) atoms. The maximum Gasteiger partial charge on any atom is 0.265 e. The molecule has 122 valence electrons. The first kappa shape index (κ1) is 16.1. The second-order valence-electron chi connectivity index (χ2n) is 5.01. The number of benzene rings is 2. The van der Waals surface area contributed by atoms with E-state index in [0.717, 1.165) is 10.2 Å². The molecule has 1 atom stereocenters. The number of anilines is 1. The monoisotopic (exact) mass is 387 g/mol. The normalized spacial score (nSPS) is 11.8. The molecule has 1 amide bonds. The Morgan fingerprint density at radius 1 is 1.25 bits per heavy atom. The summed E-state index contributed by atoms with van der Waals surface area (Å²) in [6.45, 7) is 1.70. The van der Waals surface area contributed by atoms with E-state index < -0.39 is 6.10 Å². The number of carbonyl (C=O) groups excluding carboxylic acids is 1. The third-order valence-corrected chi connectivity index (χ3v) is 3.72. The molecule has 3 rings (SSSR count). The molecular weight excluding hydrogens is 374 g/mol. The molecule has 0 aliphatic carbocycles. The number of nitrogens with one attached hydrogen (secondary N) is 1. The lowest BCUT2D eigenvalue weighted by Crippen LogP contribution is -2.30. The van der Waals surface area contributed by atoms with Crippen LogP contribution in [0.3, 0.4) is 0 Å². The number of ether oxygens (including phenoxy) is 1. The van der Waals surface area contributed by atoms with Crippen LogP contribution in [0.5, 0.6) is 5.75 Å². The number of amides is 1. The standard InChI is InChI=1S/C16H14BrN5O2/c1-11(16(23)19-13-4-2-3-12(17)9-13)24-15-7-5-14(6-8-15)22-10-18-20-21-22/h2-11H,1H3,(H,19,23). The van der Waals surface area contributed by atoms with Crippen molar-refractivity contribution in [3.05, 3.63) is 59.3 Å². The third-order valence-electron chi connectivity index (χ3n) is 3.22. The fourth-order valence-electron chi connectivity index (χ4n) is 2.02. The molecule has 1 heterocycles. The number of halogens is 1. The molecule has 3 aromatic rings. The first-order valence-corrected chi connectivity index (χ1v) is 7.97. The Kier molecular flexibility index (Phi) is 4.85. The molecule has 0 saturated carbocycles. The van der Waals surface area contributed by atoms with Crippen LogP contribution in [-0.4, -0.2) is 32.2 Å². The van der Waals surface area contributed by atoms with E-state index in [1.54, 1.807) is 19.1 Å². The van der Waals surface area contributed by atoms with Crippen molar-refractivity contribution in [2.45, 2.75) is 13.0 Å². The van der Waals surface area contributed by atoms with Gasteiger partial charge in [0, 0.05) is 10.2 Å². The molecule has 0 spiro atoms. The van der Waals surface area contributed by atoms with Gasteiger partial charge in [0.1, 0.15) is 12.1 Å². The van der Waals surface area contributed by atoms with E-state index in [0.29, 0.717) is 11.4 Å². The maximum atomic E-state index is 12.2. The summed E-state index contributed by atoms with van der Waals surface area (Å²) in [5.41, 5.74) is 1.51. The molecular formula is C16H14BrN5O2. The minimum atomic E-state index is -0.636. The van der Waals surface area contributed by atoms with Crippen molar-refractivity contribution in [3.63, 3.8) is 0 Å². The molecule has 2 aromatic carbocycles. The summed E-state index contributed by atoms with van der Waals surface area (Å²) in [6.07, 6.45) is 0.868. The largest absolute Gasteiger partial charge is 0.481 e. The maximum absolute atomic E-state index is 12.2. The average Bonchev–Trinajstić information content (AvgIpc) is 3.10. The topological polar surface area (TPSA) is 81.9 Å². The van der Waals surface area contributed by atoms with E-state index in [4.69, 9.17) is 4.74 Å². The highest BCUT2D eigenvalue weighted by molar-refractivity contribution is 9.10. The number of hydrogen-bond donors (Lipinski definition) is 1. The molecule has 0 radical (unpaired) electrons. The molecule has 1 aromatic heterocycles. The Morgan fingerprint density at radius 2 is 2.04 bits per heavy atom. The molecule has 0 aliphatic rings. The number of tetrazole rings is 1. The predicted octanol–water partition coefficient (Wildman–Crippen LogP) is 2.83. The average molecular weight is 388 g/mol. The van der Waals surface area contributed by atoms with E-state index in [1.165, 1.54) is 11.0 Å². The van der Waals surface area contributed by atoms with Gasteiger partial charge in [-0.15, -0.1) is 5.10 Å². The minimum Gasteiger partial charge on any atom is -0.481 e. The van der Waals surface area contributed by atoms with Crippen molar-refractivity contribution in [3.8, 4) is 11.4 Å². The van der Waals surface area contributed by atoms with Gasteiger partial charge < -0.3 is 10.1 Å². The molecule has 7 nitrogen and oxygen atoms in total. The molecule has 0 saturated heterocycles. The SMILES string of the molecule is CC(Oc1ccc(-n2cnnn2)cc1)C(=O)Nc1cccc(Br)c1. The van der Waals surface area contributed by atoms with Gasteiger partial charge in [0.25, 0.3) is 5.91 Å². The van der Waals surface area contributed by atoms with E-state index in [-0.39, 0.29) is 5.91 Å². The van der Waals surface area contributed by atoms with Gasteiger partial charge in [-0.3, -0.25) is 4.79 Å². The van der Waals surface area contributed by atoms with Crippen molar-refractivity contribution < 1.29 is 9.53 Å². The second kappa shape index (κ2) is 7.22. The van der Waals surface area contributed by atoms with Gasteiger partial charge in [-0.1, -0.05) is 22.0 Å². The van der Waals surface area contributed by atoms with Crippen molar-refractivity contribution in [1.82, 2.24) is 20.2 Å². The van der Waals surface area contributed by atoms with Crippen LogP contribution in [0.25, 0.3) is 5.69 Å². The summed E-state index contributed by atoms with van der Waals surface area (Å²) in [5, 5.41) is 13.8. The highest BCUT2D eigenvalue weighted by Crippen LogP contribution is 2.18. The van der Waals surface area contributed by atoms with Crippen LogP contribution in [0.1, 0.15) is 6.92 Å². The van der Waals surface area contributed by atoms with Crippen LogP contribution in [0.15, 0.2) is 59.3 Å². The lowest BCUT2D eigenvalue weighted by molar-refractivity contribution is -0.122. The first-order valence-electron chi connectivity index (χ1n) is 7.18. The van der Waals surface area contributed by atoms with Crippen molar-refractivity contribution >= 4 is 27.5 Å². The Morgan fingerprint density at radius 3 is 2.71 bits per heavy atom. The van der Waals surface area contributed by atoms with Gasteiger partial charge in [-0.05, 0) is 59.8 Å². The van der Waals surface area contributed by atoms with E-state index in [1.807, 2.05) is 36.4 Å². The molecule has 8 heteroatoms. The van der Waals surface area contributed by atoms with Crippen molar-refractivity contribution in [2.24, 2.45) is 0 Å². The lowest BCUT2D eigenvalue weighted by Gasteiger charge is -2.15. The Bertz CT molecular complexity index is 821. The summed E-state index contributed by atoms with van der Waals surface area (Å²) in [6, 6.07) is 14.5. The fourth-order valence-corrected chi connectivity index (χ4v) is 2.42. The van der Waals surface area contributed by atoms with E-state index in [2.05, 4.69) is 36.8 Å². The fraction of sp³-hybridized carbons (Fsp3) is 0.125. The molecule has 1 N–H and O–H groups in total. The quantitative estimate of drug-likeness (QED) is 0.727. The zero-order valence-corrected chi connectivity index (χ0v) is 14.3. The summed E-state index contributed by atoms with van der Waals surface area (Å²) in [7, 11) is 0. The minimum absolute atomic E-state index is 0.224. The molecule has 1 unspecified atom stereocenters. The predicted molar refractivity (Wildman–Crippen MR) is 92.0 cm³/mol. The first-order chi connectivity index (χ1) is 11.6. The highest BCUT2D eigenvalue weighted by atomic mass is 79.9. The van der Waals surface area contributed by atoms with Crippen molar-refractivity contribution in [2.75, 3.05) is 5.32 Å². The third kappa shape index (κ3) is 3.96. The van der Waals surface area contributed by atoms with Gasteiger partial charge in [0.2, 0.25) is 0 Å². The van der Waals surface area contributed by atoms with Crippen LogP contribution in [-0.2, 0) is 4.79 Å². The Balaban J connectivity index is 1.61. The van der Waals surface area contributed by atoms with Crippen LogP contribution >= 0.6 is 15.9 Å². The zero-order chi connectivity index (χ0) is 16.9. The highest BCUT2D eigenvalue weighted by Gasteiger charge is 2.15. The Hall–Kier alpha value is -2.74. The zero-order valence-electron chi connectivity index (χ0n) is 12.8. The van der Waals surface area contributed by atoms with E-state index in [9.17, 15) is 4.79 Å². The van der Waals surface area contributed by atoms with E-state index >= 15 is 0 Å². The molecule has 0 aliphatic heterocycles. The van der Waals surface area contributed by atoms with Crippen LogP contribution in [0.4, 0.5) is 5.69 Å². The number of nitrogens with zero attached hydrogens (tertiary/aromatic N) is 4. The summed E-state index contributed by atoms with van der Waals surface area (Å²) in [4.78, 5) is 12.2. The number of aromatic nitrogens is 4. The van der Waals surface area contributed by atoms with Gasteiger partial charge in [0.05, 0.1) is 5.69 Å². The summed E-state index contributed by atoms with van der Waals surface area (Å²) in [5.74, 6) is 0.362. The number of carbonyl (C=O) groups is 1. The lowest BCUT2D eigenvalue weighted by atomic mass is 10.3. The van der Waals surface area contributed by atoms with Crippen LogP contribution < -0.4 is 10.1 Å². The van der Waals surface area contributed by atoms with Gasteiger partial charge in [-0.2, -0.15) is 0 Å². The number of hydrogen-bond acceptors (Lipinski definition) is 5. The second-order valence-corrected chi connectivity index (χ2v) is 5.92. The van der Waals surface area contributed by atoms with Crippen LogP contribution in [0, 0.1) is 0 Å².